The molecular formula is C21H32O5. The number of benzene rings is 1. The van der Waals surface area contributed by atoms with Crippen LogP contribution in [-0.2, 0) is 25.5 Å². The van der Waals surface area contributed by atoms with Crippen LogP contribution in [0.3, 0.4) is 0 Å². The van der Waals surface area contributed by atoms with Gasteiger partial charge in [0.05, 0.1) is 6.10 Å². The molecule has 0 aliphatic rings. The first-order valence-corrected chi connectivity index (χ1v) is 8.98. The van der Waals surface area contributed by atoms with Crippen molar-refractivity contribution in [1.82, 2.24) is 0 Å². The average molecular weight is 364 g/mol. The predicted molar refractivity (Wildman–Crippen MR) is 101 cm³/mol. The zero-order valence-corrected chi connectivity index (χ0v) is 17.2. The molecule has 0 aromatic heterocycles. The van der Waals surface area contributed by atoms with Crippen molar-refractivity contribution in [3.05, 3.63) is 29.8 Å². The standard InChI is InChI=1S/C21H32O5/c1-14(2)24-16-11-9-15(10-12-16)13-17(18(22)25-20(3,4)5)19(23)26-21(6,7)8/h9-12,14,17H,13H2,1-8H3. The van der Waals surface area contributed by atoms with Gasteiger partial charge in [0.2, 0.25) is 0 Å². The highest BCUT2D eigenvalue weighted by atomic mass is 16.6. The predicted octanol–water partition coefficient (Wildman–Crippen LogP) is 4.32. The second-order valence-electron chi connectivity index (χ2n) is 8.63. The number of carbonyl (C=O) groups is 2. The normalized spacial score (nSPS) is 12.2. The number of hydrogen-bond acceptors (Lipinski definition) is 5. The van der Waals surface area contributed by atoms with Gasteiger partial charge in [-0.15, -0.1) is 0 Å². The second kappa shape index (κ2) is 8.56. The van der Waals surface area contributed by atoms with Crippen molar-refractivity contribution in [3.8, 4) is 5.75 Å². The summed E-state index contributed by atoms with van der Waals surface area (Å²) in [5, 5.41) is 0. The smallest absolute Gasteiger partial charge is 0.321 e. The molecule has 0 saturated heterocycles. The molecule has 0 amide bonds. The molecule has 0 atom stereocenters. The Bertz CT molecular complexity index is 575. The minimum Gasteiger partial charge on any atom is -0.491 e. The summed E-state index contributed by atoms with van der Waals surface area (Å²) in [5.41, 5.74) is -0.513. The zero-order valence-electron chi connectivity index (χ0n) is 17.2. The van der Waals surface area contributed by atoms with E-state index in [0.717, 1.165) is 11.3 Å². The number of carbonyl (C=O) groups excluding carboxylic acids is 2. The Morgan fingerprint density at radius 1 is 0.846 bits per heavy atom. The summed E-state index contributed by atoms with van der Waals surface area (Å²) < 4.78 is 16.5. The third-order valence-corrected chi connectivity index (χ3v) is 3.12. The van der Waals surface area contributed by atoms with Crippen LogP contribution in [0.4, 0.5) is 0 Å². The zero-order chi connectivity index (χ0) is 20.1. The lowest BCUT2D eigenvalue weighted by Crippen LogP contribution is -2.38. The lowest BCUT2D eigenvalue weighted by Gasteiger charge is -2.26. The first kappa shape index (κ1) is 22.0. The number of ether oxygens (including phenoxy) is 3. The quantitative estimate of drug-likeness (QED) is 0.556. The van der Waals surface area contributed by atoms with Crippen molar-refractivity contribution in [3.63, 3.8) is 0 Å². The average Bonchev–Trinajstić information content (AvgIpc) is 2.41. The van der Waals surface area contributed by atoms with E-state index in [2.05, 4.69) is 0 Å². The summed E-state index contributed by atoms with van der Waals surface area (Å²) >= 11 is 0. The Morgan fingerprint density at radius 2 is 1.27 bits per heavy atom. The lowest BCUT2D eigenvalue weighted by atomic mass is 9.98. The molecule has 146 valence electrons. The third-order valence-electron chi connectivity index (χ3n) is 3.12. The molecule has 5 heteroatoms. The molecule has 0 bridgehead atoms. The van der Waals surface area contributed by atoms with E-state index < -0.39 is 29.1 Å². The third kappa shape index (κ3) is 8.37. The molecule has 1 rings (SSSR count). The summed E-state index contributed by atoms with van der Waals surface area (Å²) in [5.74, 6) is -1.41. The maximum Gasteiger partial charge on any atom is 0.321 e. The molecule has 1 aromatic rings. The fourth-order valence-electron chi connectivity index (χ4n) is 2.22. The highest BCUT2D eigenvalue weighted by Crippen LogP contribution is 2.21. The molecule has 0 fully saturated rings. The van der Waals surface area contributed by atoms with Gasteiger partial charge in [-0.1, -0.05) is 12.1 Å². The van der Waals surface area contributed by atoms with Crippen molar-refractivity contribution in [1.29, 1.82) is 0 Å². The monoisotopic (exact) mass is 364 g/mol. The summed E-state index contributed by atoms with van der Waals surface area (Å²) in [6, 6.07) is 7.35. The number of rotatable bonds is 6. The van der Waals surface area contributed by atoms with Crippen molar-refractivity contribution in [2.45, 2.75) is 79.1 Å². The molecule has 0 radical (unpaired) electrons. The minimum atomic E-state index is -1.01. The van der Waals surface area contributed by atoms with Gasteiger partial charge in [-0.2, -0.15) is 0 Å². The van der Waals surface area contributed by atoms with E-state index >= 15 is 0 Å². The van der Waals surface area contributed by atoms with Crippen molar-refractivity contribution >= 4 is 11.9 Å². The van der Waals surface area contributed by atoms with Crippen molar-refractivity contribution in [2.24, 2.45) is 5.92 Å². The molecule has 5 nitrogen and oxygen atoms in total. The van der Waals surface area contributed by atoms with Crippen LogP contribution in [0.2, 0.25) is 0 Å². The van der Waals surface area contributed by atoms with E-state index in [4.69, 9.17) is 14.2 Å². The van der Waals surface area contributed by atoms with Gasteiger partial charge in [-0.3, -0.25) is 9.59 Å². The fraction of sp³-hybridized carbons (Fsp3) is 0.619. The Morgan fingerprint density at radius 3 is 1.62 bits per heavy atom. The highest BCUT2D eigenvalue weighted by Gasteiger charge is 2.34. The molecule has 0 spiro atoms. The van der Waals surface area contributed by atoms with Crippen LogP contribution in [0.15, 0.2) is 24.3 Å². The van der Waals surface area contributed by atoms with Gasteiger partial charge in [-0.25, -0.2) is 0 Å². The molecule has 26 heavy (non-hydrogen) atoms. The fourth-order valence-corrected chi connectivity index (χ4v) is 2.22. The summed E-state index contributed by atoms with van der Waals surface area (Å²) in [6.07, 6.45) is 0.295. The summed E-state index contributed by atoms with van der Waals surface area (Å²) in [6.45, 7) is 14.5. The van der Waals surface area contributed by atoms with Crippen molar-refractivity contribution in [2.75, 3.05) is 0 Å². The molecule has 0 heterocycles. The highest BCUT2D eigenvalue weighted by molar-refractivity contribution is 5.95. The van der Waals surface area contributed by atoms with E-state index in [1.54, 1.807) is 41.5 Å². The molecule has 0 saturated carbocycles. The van der Waals surface area contributed by atoms with Crippen molar-refractivity contribution < 1.29 is 23.8 Å². The maximum absolute atomic E-state index is 12.6. The van der Waals surface area contributed by atoms with Crippen LogP contribution in [0.5, 0.6) is 5.75 Å². The van der Waals surface area contributed by atoms with E-state index in [9.17, 15) is 9.59 Å². The second-order valence-corrected chi connectivity index (χ2v) is 8.63. The largest absolute Gasteiger partial charge is 0.491 e. The number of hydrogen-bond donors (Lipinski definition) is 0. The van der Waals surface area contributed by atoms with Crippen LogP contribution in [0.25, 0.3) is 0 Å². The van der Waals surface area contributed by atoms with Gasteiger partial charge in [0.25, 0.3) is 0 Å². The first-order valence-electron chi connectivity index (χ1n) is 8.98. The van der Waals surface area contributed by atoms with E-state index in [1.807, 2.05) is 38.1 Å². The van der Waals surface area contributed by atoms with Crippen LogP contribution in [-0.4, -0.2) is 29.2 Å². The molecule has 0 aliphatic heterocycles. The molecule has 1 aromatic carbocycles. The molecule has 0 unspecified atom stereocenters. The van der Waals surface area contributed by atoms with Crippen LogP contribution in [0.1, 0.15) is 61.0 Å². The lowest BCUT2D eigenvalue weighted by molar-refractivity contribution is -0.174. The maximum atomic E-state index is 12.6. The number of esters is 2. The van der Waals surface area contributed by atoms with Gasteiger partial charge in [0.1, 0.15) is 17.0 Å². The Labute approximate surface area is 157 Å². The summed E-state index contributed by atoms with van der Waals surface area (Å²) in [4.78, 5) is 25.1. The Kier molecular flexibility index (Phi) is 7.25. The van der Waals surface area contributed by atoms with Gasteiger partial charge in [0, 0.05) is 0 Å². The van der Waals surface area contributed by atoms with Crippen LogP contribution < -0.4 is 4.74 Å². The SMILES string of the molecule is CC(C)Oc1ccc(CC(C(=O)OC(C)(C)C)C(=O)OC(C)(C)C)cc1. The van der Waals surface area contributed by atoms with E-state index in [0.29, 0.717) is 0 Å². The topological polar surface area (TPSA) is 61.8 Å². The molecule has 0 aliphatic carbocycles. The van der Waals surface area contributed by atoms with Gasteiger partial charge < -0.3 is 14.2 Å². The van der Waals surface area contributed by atoms with Gasteiger partial charge in [0.15, 0.2) is 5.92 Å². The molecular weight excluding hydrogens is 332 g/mol. The minimum absolute atomic E-state index is 0.0807. The van der Waals surface area contributed by atoms with Gasteiger partial charge >= 0.3 is 11.9 Å². The van der Waals surface area contributed by atoms with Gasteiger partial charge in [-0.05, 0) is 79.5 Å². The van der Waals surface area contributed by atoms with Crippen LogP contribution >= 0.6 is 0 Å². The Hall–Kier alpha value is -2.04. The van der Waals surface area contributed by atoms with E-state index in [1.165, 1.54) is 0 Å². The molecule has 0 N–H and O–H groups in total. The van der Waals surface area contributed by atoms with Crippen LogP contribution in [0, 0.1) is 5.92 Å². The van der Waals surface area contributed by atoms with E-state index in [-0.39, 0.29) is 12.5 Å². The first-order chi connectivity index (χ1) is 11.8. The Balaban J connectivity index is 2.97. The summed E-state index contributed by atoms with van der Waals surface area (Å²) in [7, 11) is 0.